The minimum atomic E-state index is -0.643. The summed E-state index contributed by atoms with van der Waals surface area (Å²) in [6.07, 6.45) is 1.09. The molecule has 7 heteroatoms. The van der Waals surface area contributed by atoms with Gasteiger partial charge in [-0.15, -0.1) is 0 Å². The second kappa shape index (κ2) is 11.5. The zero-order valence-electron chi connectivity index (χ0n) is 24.2. The number of carbonyl (C=O) groups is 1. The molecule has 0 heterocycles. The Balaban J connectivity index is 1.80. The molecule has 4 aromatic rings. The highest BCUT2D eigenvalue weighted by Crippen LogP contribution is 2.49. The number of ketones is 1. The zero-order chi connectivity index (χ0) is 29.1. The van der Waals surface area contributed by atoms with E-state index < -0.39 is 5.41 Å². The monoisotopic (exact) mass is 554 g/mol. The van der Waals surface area contributed by atoms with Gasteiger partial charge in [0.05, 0.1) is 42.7 Å². The van der Waals surface area contributed by atoms with Crippen LogP contribution < -0.4 is 28.4 Å². The maximum Gasteiger partial charge on any atom is 0.203 e. The lowest BCUT2D eigenvalue weighted by Gasteiger charge is -2.41. The first-order valence-electron chi connectivity index (χ1n) is 13.3. The van der Waals surface area contributed by atoms with E-state index in [2.05, 4.69) is 12.1 Å². The minimum Gasteiger partial charge on any atom is -0.493 e. The van der Waals surface area contributed by atoms with Gasteiger partial charge in [-0.05, 0) is 59.4 Å². The van der Waals surface area contributed by atoms with Crippen LogP contribution in [0.2, 0.25) is 0 Å². The van der Waals surface area contributed by atoms with E-state index in [0.29, 0.717) is 58.5 Å². The lowest BCUT2D eigenvalue weighted by molar-refractivity contribution is 0.102. The van der Waals surface area contributed by atoms with Crippen LogP contribution in [-0.4, -0.2) is 48.4 Å². The standard InChI is InChI=1S/C34H34O7/c1-36-27-15-21(16-28(37-2)32(27)40-5)19-34(20-22-17-29(38-3)33(41-6)30(18-22)39-4)25-13-9-7-11-23(25)31(35)24-12-8-10-14-26(24)34/h7-18H,19-20H2,1-6H3. The van der Waals surface area contributed by atoms with Crippen LogP contribution in [0.15, 0.2) is 72.8 Å². The van der Waals surface area contributed by atoms with E-state index in [-0.39, 0.29) is 5.78 Å². The van der Waals surface area contributed by atoms with Gasteiger partial charge in [0.1, 0.15) is 0 Å². The van der Waals surface area contributed by atoms with Crippen LogP contribution in [0.3, 0.4) is 0 Å². The molecule has 0 saturated heterocycles. The number of ether oxygens (including phenoxy) is 6. The van der Waals surface area contributed by atoms with Crippen molar-refractivity contribution in [3.8, 4) is 34.5 Å². The molecule has 0 spiro atoms. The molecule has 0 saturated carbocycles. The molecule has 5 rings (SSSR count). The highest BCUT2D eigenvalue weighted by Gasteiger charge is 2.44. The molecule has 0 radical (unpaired) electrons. The fraction of sp³-hybridized carbons (Fsp3) is 0.265. The number of hydrogen-bond donors (Lipinski definition) is 0. The van der Waals surface area contributed by atoms with E-state index in [1.54, 1.807) is 42.7 Å². The number of methoxy groups -OCH3 is 6. The Morgan fingerprint density at radius 1 is 0.512 bits per heavy atom. The summed E-state index contributed by atoms with van der Waals surface area (Å²) < 4.78 is 34.0. The molecule has 4 aromatic carbocycles. The molecule has 0 bridgehead atoms. The zero-order valence-corrected chi connectivity index (χ0v) is 24.2. The molecule has 0 unspecified atom stereocenters. The molecular weight excluding hydrogens is 520 g/mol. The number of rotatable bonds is 10. The smallest absolute Gasteiger partial charge is 0.203 e. The van der Waals surface area contributed by atoms with Crippen LogP contribution >= 0.6 is 0 Å². The van der Waals surface area contributed by atoms with Gasteiger partial charge in [-0.3, -0.25) is 4.79 Å². The van der Waals surface area contributed by atoms with E-state index in [0.717, 1.165) is 22.3 Å². The van der Waals surface area contributed by atoms with Crippen LogP contribution in [0.4, 0.5) is 0 Å². The third kappa shape index (κ3) is 4.71. The average Bonchev–Trinajstić information content (AvgIpc) is 3.02. The molecule has 0 amide bonds. The summed E-state index contributed by atoms with van der Waals surface area (Å²) >= 11 is 0. The van der Waals surface area contributed by atoms with Gasteiger partial charge in [0.15, 0.2) is 28.8 Å². The molecule has 0 fully saturated rings. The van der Waals surface area contributed by atoms with E-state index in [9.17, 15) is 4.79 Å². The number of fused-ring (bicyclic) bond motifs is 2. The number of hydrogen-bond acceptors (Lipinski definition) is 7. The van der Waals surface area contributed by atoms with Gasteiger partial charge < -0.3 is 28.4 Å². The van der Waals surface area contributed by atoms with Gasteiger partial charge in [-0.2, -0.15) is 0 Å². The van der Waals surface area contributed by atoms with Crippen LogP contribution in [0.5, 0.6) is 34.5 Å². The summed E-state index contributed by atoms with van der Waals surface area (Å²) in [7, 11) is 9.61. The quantitative estimate of drug-likeness (QED) is 0.236. The number of carbonyl (C=O) groups excluding carboxylic acids is 1. The van der Waals surface area contributed by atoms with Gasteiger partial charge in [-0.1, -0.05) is 48.5 Å². The second-order valence-electron chi connectivity index (χ2n) is 9.92. The predicted octanol–water partition coefficient (Wildman–Crippen LogP) is 6.05. The molecule has 0 aliphatic heterocycles. The topological polar surface area (TPSA) is 72.5 Å². The fourth-order valence-corrected chi connectivity index (χ4v) is 6.10. The Hall–Kier alpha value is -4.65. The van der Waals surface area contributed by atoms with Gasteiger partial charge in [0.2, 0.25) is 11.5 Å². The SMILES string of the molecule is COc1cc(CC2(Cc3cc(OC)c(OC)c(OC)c3)c3ccccc3C(=O)c3ccccc32)cc(OC)c1OC. The fourth-order valence-electron chi connectivity index (χ4n) is 6.10. The molecule has 1 aliphatic rings. The van der Waals surface area contributed by atoms with Crippen molar-refractivity contribution < 1.29 is 33.2 Å². The van der Waals surface area contributed by atoms with Crippen LogP contribution in [0, 0.1) is 0 Å². The maximum absolute atomic E-state index is 13.8. The van der Waals surface area contributed by atoms with Gasteiger partial charge in [0.25, 0.3) is 0 Å². The Labute approximate surface area is 240 Å². The van der Waals surface area contributed by atoms with E-state index in [1.165, 1.54) is 0 Å². The first-order chi connectivity index (χ1) is 19.9. The molecular formula is C34H34O7. The summed E-state index contributed by atoms with van der Waals surface area (Å²) in [5.41, 5.74) is 4.56. The Morgan fingerprint density at radius 3 is 1.17 bits per heavy atom. The first kappa shape index (κ1) is 27.9. The lowest BCUT2D eigenvalue weighted by Crippen LogP contribution is -2.39. The van der Waals surface area contributed by atoms with Gasteiger partial charge in [0, 0.05) is 16.5 Å². The molecule has 0 N–H and O–H groups in total. The minimum absolute atomic E-state index is 0.0154. The Kier molecular flexibility index (Phi) is 7.79. The van der Waals surface area contributed by atoms with E-state index in [1.807, 2.05) is 60.7 Å². The van der Waals surface area contributed by atoms with Crippen molar-refractivity contribution >= 4 is 5.78 Å². The highest BCUT2D eigenvalue weighted by atomic mass is 16.5. The molecule has 7 nitrogen and oxygen atoms in total. The van der Waals surface area contributed by atoms with E-state index in [4.69, 9.17) is 28.4 Å². The largest absolute Gasteiger partial charge is 0.493 e. The summed E-state index contributed by atoms with van der Waals surface area (Å²) in [4.78, 5) is 13.8. The normalized spacial score (nSPS) is 13.1. The van der Waals surface area contributed by atoms with Crippen molar-refractivity contribution in [2.75, 3.05) is 42.7 Å². The maximum atomic E-state index is 13.8. The molecule has 212 valence electrons. The van der Waals surface area contributed by atoms with Gasteiger partial charge >= 0.3 is 0 Å². The van der Waals surface area contributed by atoms with Crippen molar-refractivity contribution in [1.29, 1.82) is 0 Å². The Morgan fingerprint density at radius 2 is 0.854 bits per heavy atom. The summed E-state index contributed by atoms with van der Waals surface area (Å²) in [6.45, 7) is 0. The molecule has 0 atom stereocenters. The van der Waals surface area contributed by atoms with Gasteiger partial charge in [-0.25, -0.2) is 0 Å². The first-order valence-corrected chi connectivity index (χ1v) is 13.3. The van der Waals surface area contributed by atoms with Crippen molar-refractivity contribution in [2.24, 2.45) is 0 Å². The average molecular weight is 555 g/mol. The highest BCUT2D eigenvalue weighted by molar-refractivity contribution is 6.13. The second-order valence-corrected chi connectivity index (χ2v) is 9.92. The summed E-state index contributed by atoms with van der Waals surface area (Å²) in [5.74, 6) is 3.34. The third-order valence-corrected chi connectivity index (χ3v) is 7.84. The number of benzene rings is 4. The Bertz CT molecular complexity index is 1420. The van der Waals surface area contributed by atoms with Crippen molar-refractivity contribution in [3.63, 3.8) is 0 Å². The lowest BCUT2D eigenvalue weighted by atomic mass is 9.61. The van der Waals surface area contributed by atoms with Crippen molar-refractivity contribution in [1.82, 2.24) is 0 Å². The van der Waals surface area contributed by atoms with Crippen LogP contribution in [0.1, 0.15) is 38.2 Å². The third-order valence-electron chi connectivity index (χ3n) is 7.84. The molecule has 41 heavy (non-hydrogen) atoms. The van der Waals surface area contributed by atoms with Crippen molar-refractivity contribution in [2.45, 2.75) is 18.3 Å². The van der Waals surface area contributed by atoms with Crippen LogP contribution in [0.25, 0.3) is 0 Å². The molecule has 0 aromatic heterocycles. The van der Waals surface area contributed by atoms with E-state index >= 15 is 0 Å². The van der Waals surface area contributed by atoms with Crippen molar-refractivity contribution in [3.05, 3.63) is 106 Å². The summed E-state index contributed by atoms with van der Waals surface area (Å²) in [5, 5.41) is 0. The van der Waals surface area contributed by atoms with Crippen LogP contribution in [-0.2, 0) is 18.3 Å². The summed E-state index contributed by atoms with van der Waals surface area (Å²) in [6, 6.07) is 23.6. The molecule has 1 aliphatic carbocycles. The predicted molar refractivity (Wildman–Crippen MR) is 157 cm³/mol.